The molecule has 3 heterocycles. The van der Waals surface area contributed by atoms with Gasteiger partial charge in [0.15, 0.2) is 0 Å². The van der Waals surface area contributed by atoms with Crippen LogP contribution in [0.2, 0.25) is 0 Å². The third-order valence-corrected chi connectivity index (χ3v) is 4.59. The number of anilines is 1. The number of fused-ring (bicyclic) bond motifs is 1. The largest absolute Gasteiger partial charge is 0.497 e. The average molecular weight is 310 g/mol. The molecule has 0 radical (unpaired) electrons. The van der Waals surface area contributed by atoms with Gasteiger partial charge in [0.1, 0.15) is 18.1 Å². The summed E-state index contributed by atoms with van der Waals surface area (Å²) in [6, 6.07) is 12.2. The van der Waals surface area contributed by atoms with Gasteiger partial charge >= 0.3 is 0 Å². The quantitative estimate of drug-likeness (QED) is 0.805. The number of benzene rings is 1. The molecule has 1 aliphatic rings. The molecule has 1 atom stereocenters. The van der Waals surface area contributed by atoms with Gasteiger partial charge in [-0.25, -0.2) is 4.68 Å². The molecule has 0 bridgehead atoms. The minimum atomic E-state index is 0.0656. The van der Waals surface area contributed by atoms with Crippen molar-refractivity contribution < 1.29 is 4.74 Å². The van der Waals surface area contributed by atoms with Gasteiger partial charge in [-0.3, -0.25) is 0 Å². The second-order valence-corrected chi connectivity index (χ2v) is 5.90. The summed E-state index contributed by atoms with van der Waals surface area (Å²) in [7, 11) is 1.67. The van der Waals surface area contributed by atoms with E-state index in [1.165, 1.54) is 4.88 Å². The number of methoxy groups -OCH3 is 1. The first-order chi connectivity index (χ1) is 10.8. The van der Waals surface area contributed by atoms with Crippen molar-refractivity contribution in [3.63, 3.8) is 0 Å². The molecule has 2 aromatic heterocycles. The van der Waals surface area contributed by atoms with E-state index in [4.69, 9.17) is 4.74 Å². The second kappa shape index (κ2) is 5.31. The Hall–Kier alpha value is -2.60. The van der Waals surface area contributed by atoms with Crippen molar-refractivity contribution in [2.24, 2.45) is 0 Å². The Morgan fingerprint density at radius 3 is 2.82 bits per heavy atom. The van der Waals surface area contributed by atoms with Crippen molar-refractivity contribution in [1.29, 1.82) is 0 Å². The number of allylic oxidation sites excluding steroid dienone is 1. The van der Waals surface area contributed by atoms with Crippen LogP contribution >= 0.6 is 11.3 Å². The van der Waals surface area contributed by atoms with Crippen LogP contribution in [0.15, 0.2) is 54.2 Å². The normalized spacial score (nSPS) is 16.6. The zero-order valence-corrected chi connectivity index (χ0v) is 12.7. The molecular weight excluding hydrogens is 296 g/mol. The summed E-state index contributed by atoms with van der Waals surface area (Å²) in [6.07, 6.45) is 3.75. The van der Waals surface area contributed by atoms with Gasteiger partial charge in [0.25, 0.3) is 0 Å². The van der Waals surface area contributed by atoms with E-state index in [-0.39, 0.29) is 6.04 Å². The zero-order chi connectivity index (χ0) is 14.9. The zero-order valence-electron chi connectivity index (χ0n) is 11.9. The summed E-state index contributed by atoms with van der Waals surface area (Å²) in [6.45, 7) is 0. The first-order valence-electron chi connectivity index (χ1n) is 6.91. The van der Waals surface area contributed by atoms with Crippen molar-refractivity contribution in [3.05, 3.63) is 64.6 Å². The Labute approximate surface area is 131 Å². The van der Waals surface area contributed by atoms with Crippen LogP contribution < -0.4 is 10.1 Å². The van der Waals surface area contributed by atoms with E-state index in [2.05, 4.69) is 39.0 Å². The van der Waals surface area contributed by atoms with Crippen molar-refractivity contribution in [3.8, 4) is 5.75 Å². The van der Waals surface area contributed by atoms with Crippen LogP contribution in [-0.4, -0.2) is 21.9 Å². The average Bonchev–Trinajstić information content (AvgIpc) is 3.25. The lowest BCUT2D eigenvalue weighted by Gasteiger charge is -2.23. The van der Waals surface area contributed by atoms with Gasteiger partial charge in [0, 0.05) is 10.6 Å². The number of hydrogen-bond acceptors (Lipinski definition) is 5. The molecule has 1 N–H and O–H groups in total. The van der Waals surface area contributed by atoms with Crippen molar-refractivity contribution in [1.82, 2.24) is 14.8 Å². The summed E-state index contributed by atoms with van der Waals surface area (Å²) in [4.78, 5) is 5.54. The highest BCUT2D eigenvalue weighted by molar-refractivity contribution is 7.10. The first kappa shape index (κ1) is 13.1. The SMILES string of the molecule is COc1ccc(C2=C[C@H](c3cccs3)n3ncnc3N2)cc1. The van der Waals surface area contributed by atoms with Gasteiger partial charge < -0.3 is 10.1 Å². The molecule has 22 heavy (non-hydrogen) atoms. The van der Waals surface area contributed by atoms with Crippen molar-refractivity contribution >= 4 is 23.0 Å². The Morgan fingerprint density at radius 2 is 2.09 bits per heavy atom. The molecule has 0 aliphatic carbocycles. The highest BCUT2D eigenvalue weighted by Gasteiger charge is 2.23. The molecule has 3 aromatic rings. The number of aromatic nitrogens is 3. The Bertz CT molecular complexity index is 805. The molecule has 1 aliphatic heterocycles. The second-order valence-electron chi connectivity index (χ2n) is 4.92. The van der Waals surface area contributed by atoms with Crippen LogP contribution in [0.3, 0.4) is 0 Å². The molecule has 0 saturated carbocycles. The predicted molar refractivity (Wildman–Crippen MR) is 87.1 cm³/mol. The molecule has 1 aromatic carbocycles. The Kier molecular flexibility index (Phi) is 3.16. The van der Waals surface area contributed by atoms with Crippen LogP contribution in [0.1, 0.15) is 16.5 Å². The molecule has 4 rings (SSSR count). The number of thiophene rings is 1. The van der Waals surface area contributed by atoms with Gasteiger partial charge in [0.05, 0.1) is 7.11 Å². The van der Waals surface area contributed by atoms with Crippen LogP contribution in [0, 0.1) is 0 Å². The molecule has 0 unspecified atom stereocenters. The fourth-order valence-corrected chi connectivity index (χ4v) is 3.31. The lowest BCUT2D eigenvalue weighted by Crippen LogP contribution is -2.19. The molecular formula is C16H14N4OS. The smallest absolute Gasteiger partial charge is 0.226 e. The van der Waals surface area contributed by atoms with Crippen molar-refractivity contribution in [2.45, 2.75) is 6.04 Å². The Balaban J connectivity index is 1.76. The van der Waals surface area contributed by atoms with E-state index in [1.807, 2.05) is 28.9 Å². The summed E-state index contributed by atoms with van der Waals surface area (Å²) < 4.78 is 7.12. The highest BCUT2D eigenvalue weighted by atomic mass is 32.1. The van der Waals surface area contributed by atoms with Gasteiger partial charge in [-0.05, 0) is 47.4 Å². The molecule has 0 spiro atoms. The maximum Gasteiger partial charge on any atom is 0.226 e. The van der Waals surface area contributed by atoms with E-state index in [1.54, 1.807) is 24.8 Å². The van der Waals surface area contributed by atoms with Gasteiger partial charge in [-0.1, -0.05) is 6.07 Å². The van der Waals surface area contributed by atoms with E-state index < -0.39 is 0 Å². The van der Waals surface area contributed by atoms with E-state index in [0.717, 1.165) is 23.0 Å². The molecule has 5 nitrogen and oxygen atoms in total. The van der Waals surface area contributed by atoms with Gasteiger partial charge in [0.2, 0.25) is 5.95 Å². The third kappa shape index (κ3) is 2.17. The standard InChI is InChI=1S/C16H14N4OS/c1-21-12-6-4-11(5-7-12)13-9-14(15-3-2-8-22-15)20-16(19-13)17-10-18-20/h2-10,14H,1H3,(H,17,18,19)/t14-/m1/s1. The summed E-state index contributed by atoms with van der Waals surface area (Å²) in [5.74, 6) is 1.60. The van der Waals surface area contributed by atoms with Crippen molar-refractivity contribution in [2.75, 3.05) is 12.4 Å². The lowest BCUT2D eigenvalue weighted by atomic mass is 10.1. The predicted octanol–water partition coefficient (Wildman–Crippen LogP) is 3.40. The number of nitrogens with one attached hydrogen (secondary N) is 1. The minimum absolute atomic E-state index is 0.0656. The molecule has 0 saturated heterocycles. The molecule has 0 fully saturated rings. The summed E-state index contributed by atoms with van der Waals surface area (Å²) in [5, 5.41) is 9.75. The monoisotopic (exact) mass is 310 g/mol. The maximum atomic E-state index is 5.22. The van der Waals surface area contributed by atoms with E-state index >= 15 is 0 Å². The van der Waals surface area contributed by atoms with Crippen LogP contribution in [0.4, 0.5) is 5.95 Å². The molecule has 6 heteroatoms. The topological polar surface area (TPSA) is 52.0 Å². The number of nitrogens with zero attached hydrogens (tertiary/aromatic N) is 3. The van der Waals surface area contributed by atoms with Crippen LogP contribution in [0.25, 0.3) is 5.70 Å². The molecule has 110 valence electrons. The van der Waals surface area contributed by atoms with E-state index in [9.17, 15) is 0 Å². The minimum Gasteiger partial charge on any atom is -0.497 e. The fourth-order valence-electron chi connectivity index (χ4n) is 2.53. The van der Waals surface area contributed by atoms with E-state index in [0.29, 0.717) is 0 Å². The molecule has 0 amide bonds. The number of hydrogen-bond donors (Lipinski definition) is 1. The van der Waals surface area contributed by atoms with Crippen LogP contribution in [0.5, 0.6) is 5.75 Å². The fraction of sp³-hybridized carbons (Fsp3) is 0.125. The number of rotatable bonds is 3. The first-order valence-corrected chi connectivity index (χ1v) is 7.79. The summed E-state index contributed by atoms with van der Waals surface area (Å²) >= 11 is 1.72. The number of ether oxygens (including phenoxy) is 1. The lowest BCUT2D eigenvalue weighted by molar-refractivity contribution is 0.415. The highest BCUT2D eigenvalue weighted by Crippen LogP contribution is 2.34. The summed E-state index contributed by atoms with van der Waals surface area (Å²) in [5.41, 5.74) is 2.12. The maximum absolute atomic E-state index is 5.22. The third-order valence-electron chi connectivity index (χ3n) is 3.64. The van der Waals surface area contributed by atoms with Gasteiger partial charge in [-0.15, -0.1) is 11.3 Å². The Morgan fingerprint density at radius 1 is 1.23 bits per heavy atom. The van der Waals surface area contributed by atoms with Crippen LogP contribution in [-0.2, 0) is 0 Å². The van der Waals surface area contributed by atoms with Gasteiger partial charge in [-0.2, -0.15) is 10.1 Å².